The van der Waals surface area contributed by atoms with Gasteiger partial charge >= 0.3 is 0 Å². The molecule has 0 aliphatic carbocycles. The van der Waals surface area contributed by atoms with Crippen LogP contribution in [-0.4, -0.2) is 18.2 Å². The van der Waals surface area contributed by atoms with E-state index in [1.54, 1.807) is 0 Å². The highest BCUT2D eigenvalue weighted by atomic mass is 79.9. The SMILES string of the molecule is Cl.OC1(c2cccc(Br)c2)CCNC1. The number of nitrogens with one attached hydrogen (secondary N) is 1. The van der Waals surface area contributed by atoms with Crippen molar-refractivity contribution in [2.45, 2.75) is 12.0 Å². The number of aliphatic hydroxyl groups is 1. The third-order valence-corrected chi connectivity index (χ3v) is 2.99. The molecule has 2 rings (SSSR count). The van der Waals surface area contributed by atoms with Crippen LogP contribution in [0.4, 0.5) is 0 Å². The molecular formula is C10H13BrClNO. The largest absolute Gasteiger partial charge is 0.384 e. The molecule has 1 unspecified atom stereocenters. The Hall–Kier alpha value is -0.0900. The molecule has 0 saturated carbocycles. The van der Waals surface area contributed by atoms with E-state index < -0.39 is 5.60 Å². The van der Waals surface area contributed by atoms with Gasteiger partial charge in [0.2, 0.25) is 0 Å². The van der Waals surface area contributed by atoms with Crippen LogP contribution in [-0.2, 0) is 5.60 Å². The highest BCUT2D eigenvalue weighted by Crippen LogP contribution is 2.29. The normalized spacial score (nSPS) is 25.9. The number of hydrogen-bond acceptors (Lipinski definition) is 2. The van der Waals surface area contributed by atoms with E-state index in [4.69, 9.17) is 0 Å². The molecule has 1 aliphatic heterocycles. The number of benzene rings is 1. The van der Waals surface area contributed by atoms with Gasteiger partial charge in [-0.1, -0.05) is 28.1 Å². The Labute approximate surface area is 98.3 Å². The lowest BCUT2D eigenvalue weighted by Gasteiger charge is -2.21. The molecule has 0 bridgehead atoms. The van der Waals surface area contributed by atoms with Gasteiger partial charge in [0, 0.05) is 11.0 Å². The van der Waals surface area contributed by atoms with Crippen LogP contribution >= 0.6 is 28.3 Å². The van der Waals surface area contributed by atoms with Crippen LogP contribution in [0.1, 0.15) is 12.0 Å². The summed E-state index contributed by atoms with van der Waals surface area (Å²) >= 11 is 3.40. The zero-order chi connectivity index (χ0) is 9.31. The second kappa shape index (κ2) is 4.62. The van der Waals surface area contributed by atoms with Crippen molar-refractivity contribution in [3.63, 3.8) is 0 Å². The van der Waals surface area contributed by atoms with E-state index in [0.717, 1.165) is 23.0 Å². The molecule has 0 spiro atoms. The lowest BCUT2D eigenvalue weighted by molar-refractivity contribution is 0.0587. The summed E-state index contributed by atoms with van der Waals surface area (Å²) in [6.45, 7) is 1.55. The molecule has 1 atom stereocenters. The minimum atomic E-state index is -0.663. The predicted octanol–water partition coefficient (Wildman–Crippen LogP) is 2.05. The minimum absolute atomic E-state index is 0. The number of hydrogen-bond donors (Lipinski definition) is 2. The van der Waals surface area contributed by atoms with Crippen LogP contribution in [0.5, 0.6) is 0 Å². The van der Waals surface area contributed by atoms with Crippen LogP contribution in [0, 0.1) is 0 Å². The molecule has 1 aromatic carbocycles. The molecule has 4 heteroatoms. The quantitative estimate of drug-likeness (QED) is 0.824. The molecule has 0 amide bonds. The van der Waals surface area contributed by atoms with E-state index >= 15 is 0 Å². The maximum absolute atomic E-state index is 10.2. The van der Waals surface area contributed by atoms with E-state index in [-0.39, 0.29) is 12.4 Å². The van der Waals surface area contributed by atoms with Crippen molar-refractivity contribution in [2.75, 3.05) is 13.1 Å². The monoisotopic (exact) mass is 277 g/mol. The summed E-state index contributed by atoms with van der Waals surface area (Å²) < 4.78 is 1.02. The van der Waals surface area contributed by atoms with Gasteiger partial charge in [-0.15, -0.1) is 12.4 Å². The lowest BCUT2D eigenvalue weighted by Crippen LogP contribution is -2.28. The van der Waals surface area contributed by atoms with Gasteiger partial charge in [0.15, 0.2) is 0 Å². The summed E-state index contributed by atoms with van der Waals surface area (Å²) in [6, 6.07) is 7.87. The summed E-state index contributed by atoms with van der Waals surface area (Å²) in [5.41, 5.74) is 0.330. The van der Waals surface area contributed by atoms with E-state index in [9.17, 15) is 5.11 Å². The molecule has 2 nitrogen and oxygen atoms in total. The summed E-state index contributed by atoms with van der Waals surface area (Å²) in [5, 5.41) is 13.4. The molecule has 14 heavy (non-hydrogen) atoms. The molecule has 1 aromatic rings. The van der Waals surface area contributed by atoms with Crippen molar-refractivity contribution in [2.24, 2.45) is 0 Å². The summed E-state index contributed by atoms with van der Waals surface area (Å²) in [7, 11) is 0. The fourth-order valence-electron chi connectivity index (χ4n) is 1.70. The number of β-amino-alcohol motifs (C(OH)–C–C–N with tert-alkyl or cyclic N) is 1. The Balaban J connectivity index is 0.000000980. The van der Waals surface area contributed by atoms with Gasteiger partial charge in [0.05, 0.1) is 0 Å². The van der Waals surface area contributed by atoms with Gasteiger partial charge in [0.25, 0.3) is 0 Å². The first-order chi connectivity index (χ1) is 6.21. The Bertz CT molecular complexity index is 313. The predicted molar refractivity (Wildman–Crippen MR) is 62.8 cm³/mol. The topological polar surface area (TPSA) is 32.3 Å². The molecule has 1 fully saturated rings. The van der Waals surface area contributed by atoms with Crippen molar-refractivity contribution >= 4 is 28.3 Å². The summed E-state index contributed by atoms with van der Waals surface area (Å²) in [4.78, 5) is 0. The van der Waals surface area contributed by atoms with Gasteiger partial charge in [-0.2, -0.15) is 0 Å². The molecule has 2 N–H and O–H groups in total. The highest BCUT2D eigenvalue weighted by molar-refractivity contribution is 9.10. The molecular weight excluding hydrogens is 265 g/mol. The number of rotatable bonds is 1. The maximum atomic E-state index is 10.2. The van der Waals surface area contributed by atoms with Gasteiger partial charge in [-0.25, -0.2) is 0 Å². The fourth-order valence-corrected chi connectivity index (χ4v) is 2.10. The van der Waals surface area contributed by atoms with Crippen LogP contribution in [0.2, 0.25) is 0 Å². The Morgan fingerprint density at radius 1 is 1.43 bits per heavy atom. The molecule has 1 aliphatic rings. The third-order valence-electron chi connectivity index (χ3n) is 2.49. The lowest BCUT2D eigenvalue weighted by atomic mass is 9.93. The van der Waals surface area contributed by atoms with Gasteiger partial charge in [-0.05, 0) is 30.7 Å². The van der Waals surface area contributed by atoms with Crippen molar-refractivity contribution in [3.05, 3.63) is 34.3 Å². The third kappa shape index (κ3) is 2.28. The average Bonchev–Trinajstić information content (AvgIpc) is 2.54. The van der Waals surface area contributed by atoms with E-state index in [0.29, 0.717) is 6.54 Å². The maximum Gasteiger partial charge on any atom is 0.103 e. The highest BCUT2D eigenvalue weighted by Gasteiger charge is 2.32. The van der Waals surface area contributed by atoms with Crippen LogP contribution in [0.15, 0.2) is 28.7 Å². The number of halogens is 2. The first kappa shape index (κ1) is 12.0. The Kier molecular flexibility index (Phi) is 3.95. The zero-order valence-electron chi connectivity index (χ0n) is 7.66. The van der Waals surface area contributed by atoms with Crippen LogP contribution < -0.4 is 5.32 Å². The van der Waals surface area contributed by atoms with Gasteiger partial charge in [0.1, 0.15) is 5.60 Å². The minimum Gasteiger partial charge on any atom is -0.384 e. The molecule has 0 aromatic heterocycles. The van der Waals surface area contributed by atoms with Gasteiger partial charge in [-0.3, -0.25) is 0 Å². The summed E-state index contributed by atoms with van der Waals surface area (Å²) in [6.07, 6.45) is 0.795. The molecule has 1 saturated heterocycles. The van der Waals surface area contributed by atoms with Crippen LogP contribution in [0.3, 0.4) is 0 Å². The van der Waals surface area contributed by atoms with Crippen molar-refractivity contribution in [3.8, 4) is 0 Å². The van der Waals surface area contributed by atoms with Crippen molar-refractivity contribution < 1.29 is 5.11 Å². The second-order valence-corrected chi connectivity index (χ2v) is 4.38. The van der Waals surface area contributed by atoms with E-state index in [2.05, 4.69) is 21.2 Å². The average molecular weight is 279 g/mol. The van der Waals surface area contributed by atoms with Gasteiger partial charge < -0.3 is 10.4 Å². The molecule has 78 valence electrons. The standard InChI is InChI=1S/C10H12BrNO.ClH/c11-9-3-1-2-8(6-9)10(13)4-5-12-7-10;/h1-3,6,12-13H,4-5,7H2;1H. The molecule has 0 radical (unpaired) electrons. The second-order valence-electron chi connectivity index (χ2n) is 3.47. The van der Waals surface area contributed by atoms with Crippen molar-refractivity contribution in [1.82, 2.24) is 5.32 Å². The first-order valence-electron chi connectivity index (χ1n) is 4.40. The van der Waals surface area contributed by atoms with Crippen molar-refractivity contribution in [1.29, 1.82) is 0 Å². The van der Waals surface area contributed by atoms with Crippen LogP contribution in [0.25, 0.3) is 0 Å². The van der Waals surface area contributed by atoms with E-state index in [1.807, 2.05) is 24.3 Å². The first-order valence-corrected chi connectivity index (χ1v) is 5.19. The van der Waals surface area contributed by atoms with E-state index in [1.165, 1.54) is 0 Å². The summed E-state index contributed by atoms with van der Waals surface area (Å²) in [5.74, 6) is 0. The molecule has 1 heterocycles. The Morgan fingerprint density at radius 3 is 2.79 bits per heavy atom. The smallest absolute Gasteiger partial charge is 0.103 e. The fraction of sp³-hybridized carbons (Fsp3) is 0.400. The Morgan fingerprint density at radius 2 is 2.21 bits per heavy atom. The zero-order valence-corrected chi connectivity index (χ0v) is 10.1.